The highest BCUT2D eigenvalue weighted by Gasteiger charge is 2.32. The van der Waals surface area contributed by atoms with Crippen LogP contribution < -0.4 is 5.32 Å². The van der Waals surface area contributed by atoms with E-state index in [1.165, 1.54) is 6.07 Å². The Hall–Kier alpha value is -2.80. The van der Waals surface area contributed by atoms with Crippen molar-refractivity contribution in [3.8, 4) is 11.1 Å². The molecule has 0 saturated carbocycles. The number of amides is 1. The van der Waals surface area contributed by atoms with Gasteiger partial charge in [0.2, 0.25) is 0 Å². The fourth-order valence-electron chi connectivity index (χ4n) is 3.18. The van der Waals surface area contributed by atoms with Crippen LogP contribution in [0.5, 0.6) is 0 Å². The molecule has 1 aliphatic carbocycles. The second kappa shape index (κ2) is 7.67. The number of carbonyl (C=O) groups is 2. The Morgan fingerprint density at radius 3 is 2.43 bits per heavy atom. The summed E-state index contributed by atoms with van der Waals surface area (Å²) < 4.78 is 35.6. The van der Waals surface area contributed by atoms with Gasteiger partial charge in [-0.3, -0.25) is 9.59 Å². The molecule has 3 rings (SSSR count). The molecule has 2 aromatic carbocycles. The first kappa shape index (κ1) is 19.9. The fourth-order valence-corrected chi connectivity index (χ4v) is 3.18. The Kier molecular flexibility index (Phi) is 5.47. The summed E-state index contributed by atoms with van der Waals surface area (Å²) in [5, 5.41) is 2.52. The van der Waals surface area contributed by atoms with E-state index in [1.807, 2.05) is 0 Å². The Labute approximate surface area is 161 Å². The summed E-state index contributed by atoms with van der Waals surface area (Å²) in [6.07, 6.45) is -0.884. The van der Waals surface area contributed by atoms with Crippen molar-refractivity contribution in [2.75, 3.05) is 6.54 Å². The van der Waals surface area contributed by atoms with Crippen molar-refractivity contribution in [2.24, 2.45) is 0 Å². The molecular formula is C21H21F2NO4. The zero-order valence-corrected chi connectivity index (χ0v) is 15.8. The normalized spacial score (nSPS) is 15.1. The van der Waals surface area contributed by atoms with Gasteiger partial charge in [0, 0.05) is 5.56 Å². The lowest BCUT2D eigenvalue weighted by molar-refractivity contribution is -0.153. The number of hydrogen-bond donors (Lipinski definition) is 1. The molecule has 1 amide bonds. The van der Waals surface area contributed by atoms with E-state index in [0.717, 1.165) is 5.56 Å². The van der Waals surface area contributed by atoms with Gasteiger partial charge in [0.05, 0.1) is 0 Å². The second-order valence-corrected chi connectivity index (χ2v) is 7.44. The maximum absolute atomic E-state index is 12.8. The summed E-state index contributed by atoms with van der Waals surface area (Å²) in [6.45, 7) is 2.04. The summed E-state index contributed by atoms with van der Waals surface area (Å²) in [7, 11) is 0. The van der Waals surface area contributed by atoms with Crippen molar-refractivity contribution < 1.29 is 27.8 Å². The first-order valence-electron chi connectivity index (χ1n) is 8.82. The molecule has 1 aliphatic rings. The van der Waals surface area contributed by atoms with E-state index in [9.17, 15) is 18.4 Å². The lowest BCUT2D eigenvalue weighted by Crippen LogP contribution is -2.34. The number of hydrogen-bond acceptors (Lipinski definition) is 4. The monoisotopic (exact) mass is 389 g/mol. The topological polar surface area (TPSA) is 64.6 Å². The van der Waals surface area contributed by atoms with E-state index in [2.05, 4.69) is 5.32 Å². The first-order chi connectivity index (χ1) is 13.2. The molecule has 2 aromatic rings. The van der Waals surface area contributed by atoms with Crippen LogP contribution in [0.2, 0.25) is 0 Å². The molecule has 1 atom stereocenters. The van der Waals surface area contributed by atoms with Crippen LogP contribution >= 0.6 is 0 Å². The van der Waals surface area contributed by atoms with Crippen LogP contribution in [0.25, 0.3) is 11.1 Å². The second-order valence-electron chi connectivity index (χ2n) is 7.44. The zero-order chi connectivity index (χ0) is 20.5. The predicted octanol–water partition coefficient (Wildman–Crippen LogP) is 4.07. The molecule has 0 spiro atoms. The van der Waals surface area contributed by atoms with E-state index in [0.29, 0.717) is 22.3 Å². The van der Waals surface area contributed by atoms with Gasteiger partial charge in [0.15, 0.2) is 0 Å². The molecule has 5 nitrogen and oxygen atoms in total. The number of fused-ring (bicyclic) bond motifs is 3. The highest BCUT2D eigenvalue weighted by molar-refractivity contribution is 5.98. The van der Waals surface area contributed by atoms with E-state index >= 15 is 0 Å². The predicted molar refractivity (Wildman–Crippen MR) is 99.0 cm³/mol. The van der Waals surface area contributed by atoms with Gasteiger partial charge in [-0.25, -0.2) is 0 Å². The summed E-state index contributed by atoms with van der Waals surface area (Å²) in [6, 6.07) is 11.8. The third-order valence-corrected chi connectivity index (χ3v) is 4.18. The average Bonchev–Trinajstić information content (AvgIpc) is 2.91. The highest BCUT2D eigenvalue weighted by Crippen LogP contribution is 2.46. The molecule has 0 heterocycles. The average molecular weight is 389 g/mol. The van der Waals surface area contributed by atoms with Gasteiger partial charge < -0.3 is 14.8 Å². The number of alkyl halides is 2. The lowest BCUT2D eigenvalue weighted by Gasteiger charge is -2.19. The van der Waals surface area contributed by atoms with Gasteiger partial charge in [0.1, 0.15) is 18.2 Å². The molecule has 148 valence electrons. The van der Waals surface area contributed by atoms with Crippen LogP contribution in [0.1, 0.15) is 48.4 Å². The van der Waals surface area contributed by atoms with Gasteiger partial charge in [-0.05, 0) is 55.2 Å². The summed E-state index contributed by atoms with van der Waals surface area (Å²) in [4.78, 5) is 24.2. The lowest BCUT2D eigenvalue weighted by atomic mass is 10.0. The Morgan fingerprint density at radius 2 is 1.75 bits per heavy atom. The van der Waals surface area contributed by atoms with Gasteiger partial charge >= 0.3 is 12.6 Å². The molecule has 1 unspecified atom stereocenters. The number of halogens is 2. The van der Waals surface area contributed by atoms with Gasteiger partial charge in [-0.1, -0.05) is 30.3 Å². The highest BCUT2D eigenvalue weighted by atomic mass is 19.3. The van der Waals surface area contributed by atoms with Crippen molar-refractivity contribution in [3.63, 3.8) is 0 Å². The van der Waals surface area contributed by atoms with Crippen LogP contribution in [0, 0.1) is 0 Å². The molecule has 7 heteroatoms. The molecule has 1 N–H and O–H groups in total. The minimum absolute atomic E-state index is 0.263. The minimum atomic E-state index is -2.92. The van der Waals surface area contributed by atoms with Crippen molar-refractivity contribution in [1.29, 1.82) is 0 Å². The molecule has 0 fully saturated rings. The van der Waals surface area contributed by atoms with Crippen LogP contribution in [0.4, 0.5) is 8.78 Å². The van der Waals surface area contributed by atoms with Crippen molar-refractivity contribution in [1.82, 2.24) is 5.32 Å². The van der Waals surface area contributed by atoms with Crippen molar-refractivity contribution in [3.05, 3.63) is 59.2 Å². The largest absolute Gasteiger partial charge is 0.459 e. The molecule has 0 bridgehead atoms. The summed E-state index contributed by atoms with van der Waals surface area (Å²) in [5.41, 5.74) is 2.28. The van der Waals surface area contributed by atoms with E-state index in [4.69, 9.17) is 9.47 Å². The van der Waals surface area contributed by atoms with Crippen molar-refractivity contribution in [2.45, 2.75) is 39.1 Å². The molecule has 0 aromatic heterocycles. The number of esters is 1. The number of ether oxygens (including phenoxy) is 2. The number of nitrogens with one attached hydrogen (secondary N) is 1. The molecule has 0 aliphatic heterocycles. The maximum atomic E-state index is 12.8. The molecule has 0 saturated heterocycles. The third kappa shape index (κ3) is 4.36. The molecular weight excluding hydrogens is 368 g/mol. The number of carbonyl (C=O) groups excluding carboxylic acids is 2. The van der Waals surface area contributed by atoms with Crippen LogP contribution in [-0.4, -0.2) is 30.6 Å². The van der Waals surface area contributed by atoms with Gasteiger partial charge in [-0.2, -0.15) is 8.78 Å². The van der Waals surface area contributed by atoms with Gasteiger partial charge in [0.25, 0.3) is 5.91 Å². The molecule has 28 heavy (non-hydrogen) atoms. The SMILES string of the molecule is CC(C)(C)OC(=O)CNC(=O)c1ccc2c(c1)-c1ccccc1C2OC(F)F. The fraction of sp³-hybridized carbons (Fsp3) is 0.333. The Morgan fingerprint density at radius 1 is 1.07 bits per heavy atom. The van der Waals surface area contributed by atoms with E-state index in [1.54, 1.807) is 57.2 Å². The molecule has 0 radical (unpaired) electrons. The quantitative estimate of drug-likeness (QED) is 0.783. The zero-order valence-electron chi connectivity index (χ0n) is 15.8. The summed E-state index contributed by atoms with van der Waals surface area (Å²) >= 11 is 0. The van der Waals surface area contributed by atoms with E-state index in [-0.39, 0.29) is 6.54 Å². The van der Waals surface area contributed by atoms with Crippen LogP contribution in [-0.2, 0) is 14.3 Å². The smallest absolute Gasteiger partial charge is 0.346 e. The maximum Gasteiger partial charge on any atom is 0.346 e. The van der Waals surface area contributed by atoms with Crippen molar-refractivity contribution >= 4 is 11.9 Å². The third-order valence-electron chi connectivity index (χ3n) is 4.18. The standard InChI is InChI=1S/C21H21F2NO4/c1-21(2,3)28-17(25)11-24-19(26)12-8-9-15-16(10-12)13-6-4-5-7-14(13)18(15)27-20(22)23/h4-10,18,20H,11H2,1-3H3,(H,24,26). The number of rotatable bonds is 5. The number of benzene rings is 2. The Bertz CT molecular complexity index is 906. The van der Waals surface area contributed by atoms with E-state index < -0.39 is 30.2 Å². The van der Waals surface area contributed by atoms with Gasteiger partial charge in [-0.15, -0.1) is 0 Å². The summed E-state index contributed by atoms with van der Waals surface area (Å²) in [5.74, 6) is -0.998. The Balaban J connectivity index is 1.80. The van der Waals surface area contributed by atoms with Crippen LogP contribution in [0.15, 0.2) is 42.5 Å². The first-order valence-corrected chi connectivity index (χ1v) is 8.82. The van der Waals surface area contributed by atoms with Crippen LogP contribution in [0.3, 0.4) is 0 Å². The minimum Gasteiger partial charge on any atom is -0.459 e.